The maximum absolute atomic E-state index is 13.5. The number of nitrogens with two attached hydrogens (primary N) is 1. The average Bonchev–Trinajstić information content (AvgIpc) is 2.78. The largest absolute Gasteiger partial charge is 0.508 e. The number of nitrogens with zero attached hydrogens (tertiary/aromatic N) is 1. The highest BCUT2D eigenvalue weighted by molar-refractivity contribution is 6.32. The van der Waals surface area contributed by atoms with Crippen molar-refractivity contribution in [1.82, 2.24) is 4.90 Å². The number of aliphatic hydroxyl groups excluding tert-OH is 2. The van der Waals surface area contributed by atoms with Crippen molar-refractivity contribution in [3.05, 3.63) is 44.7 Å². The minimum Gasteiger partial charge on any atom is -0.508 e. The van der Waals surface area contributed by atoms with Crippen LogP contribution in [-0.4, -0.2) is 74.7 Å². The summed E-state index contributed by atoms with van der Waals surface area (Å²) in [4.78, 5) is 39.7. The van der Waals surface area contributed by atoms with E-state index in [2.05, 4.69) is 0 Å². The quantitative estimate of drug-likeness (QED) is 0.328. The lowest BCUT2D eigenvalue weighted by Crippen LogP contribution is -2.58. The molecule has 37 heavy (non-hydrogen) atoms. The molecule has 0 bridgehead atoms. The molecule has 200 valence electrons. The van der Waals surface area contributed by atoms with Crippen molar-refractivity contribution in [3.8, 4) is 5.75 Å². The van der Waals surface area contributed by atoms with E-state index in [1.54, 1.807) is 0 Å². The summed E-state index contributed by atoms with van der Waals surface area (Å²) in [6, 6.07) is 1.42. The van der Waals surface area contributed by atoms with Crippen LogP contribution in [0, 0.1) is 11.8 Å². The van der Waals surface area contributed by atoms with E-state index in [9.17, 15) is 34.8 Å². The number of rotatable bonds is 7. The number of benzene rings is 1. The van der Waals surface area contributed by atoms with Crippen LogP contribution in [0.5, 0.6) is 5.75 Å². The zero-order chi connectivity index (χ0) is 27.4. The van der Waals surface area contributed by atoms with Crippen molar-refractivity contribution >= 4 is 34.8 Å². The molecule has 1 fully saturated rings. The number of hydrogen-bond donors (Lipinski definition) is 5. The standard InChI is InChI=1S/C26H31ClN2O8/c1-11(2)37-5-4-29(3)10-13-8-16(30)19-15(21(13)27)7-12-6-14-9-17(31)20(25(28)35)24(34)26(14,36)23(33)18(12)22(19)32/h8,11-12,14,30,32,34,36H,4-7,9-10H2,1-3H3,(H2,28,35)/t12?,14-,26-/m0/s1. The number of ether oxygens (including phenoxy) is 1. The fourth-order valence-electron chi connectivity index (χ4n) is 5.65. The molecule has 6 N–H and O–H groups in total. The molecule has 1 amide bonds. The summed E-state index contributed by atoms with van der Waals surface area (Å²) in [5, 5.41) is 44.2. The first-order valence-electron chi connectivity index (χ1n) is 12.1. The maximum atomic E-state index is 13.5. The molecule has 1 aromatic rings. The van der Waals surface area contributed by atoms with E-state index in [1.807, 2.05) is 25.8 Å². The van der Waals surface area contributed by atoms with Gasteiger partial charge in [-0.3, -0.25) is 19.3 Å². The van der Waals surface area contributed by atoms with E-state index < -0.39 is 52.0 Å². The summed E-state index contributed by atoms with van der Waals surface area (Å²) in [6.07, 6.45) is -0.0563. The Morgan fingerprint density at radius 2 is 1.95 bits per heavy atom. The van der Waals surface area contributed by atoms with Crippen LogP contribution >= 0.6 is 11.6 Å². The van der Waals surface area contributed by atoms with Gasteiger partial charge in [-0.1, -0.05) is 11.6 Å². The smallest absolute Gasteiger partial charge is 0.255 e. The lowest BCUT2D eigenvalue weighted by atomic mass is 9.59. The Labute approximate surface area is 219 Å². The Hall–Kier alpha value is -2.92. The van der Waals surface area contributed by atoms with Gasteiger partial charge < -0.3 is 30.9 Å². The monoisotopic (exact) mass is 534 g/mol. The summed E-state index contributed by atoms with van der Waals surface area (Å²) in [5.41, 5.74) is 2.65. The van der Waals surface area contributed by atoms with Crippen molar-refractivity contribution in [1.29, 1.82) is 0 Å². The molecule has 0 heterocycles. The number of aliphatic hydroxyl groups is 3. The number of carbonyl (C=O) groups excluding carboxylic acids is 3. The van der Waals surface area contributed by atoms with Gasteiger partial charge in [0.1, 0.15) is 22.8 Å². The van der Waals surface area contributed by atoms with Gasteiger partial charge in [0.05, 0.1) is 18.3 Å². The summed E-state index contributed by atoms with van der Waals surface area (Å²) in [7, 11) is 1.88. The van der Waals surface area contributed by atoms with Gasteiger partial charge in [0.15, 0.2) is 11.4 Å². The Kier molecular flexibility index (Phi) is 7.15. The number of amides is 1. The van der Waals surface area contributed by atoms with Gasteiger partial charge in [-0.25, -0.2) is 0 Å². The van der Waals surface area contributed by atoms with Crippen LogP contribution in [0.25, 0.3) is 5.76 Å². The van der Waals surface area contributed by atoms with E-state index in [1.165, 1.54) is 6.07 Å². The number of primary amides is 1. The highest BCUT2D eigenvalue weighted by Gasteiger charge is 2.60. The van der Waals surface area contributed by atoms with E-state index in [0.717, 1.165) is 0 Å². The summed E-state index contributed by atoms with van der Waals surface area (Å²) in [5.74, 6) is -6.66. The van der Waals surface area contributed by atoms with E-state index in [-0.39, 0.29) is 42.3 Å². The van der Waals surface area contributed by atoms with E-state index in [4.69, 9.17) is 22.1 Å². The fourth-order valence-corrected chi connectivity index (χ4v) is 5.94. The number of phenolic OH excluding ortho intramolecular Hbond substituents is 1. The number of Topliss-reactive ketones (excluding diaryl/α,β-unsaturated/α-hetero) is 2. The van der Waals surface area contributed by atoms with Crippen molar-refractivity contribution in [2.24, 2.45) is 17.6 Å². The van der Waals surface area contributed by atoms with Gasteiger partial charge >= 0.3 is 0 Å². The van der Waals surface area contributed by atoms with Crippen LogP contribution < -0.4 is 5.73 Å². The number of phenols is 1. The maximum Gasteiger partial charge on any atom is 0.255 e. The molecule has 3 aliphatic rings. The first kappa shape index (κ1) is 27.1. The third kappa shape index (κ3) is 4.41. The predicted octanol–water partition coefficient (Wildman–Crippen LogP) is 1.93. The van der Waals surface area contributed by atoms with Crippen LogP contribution in [0.15, 0.2) is 23.0 Å². The average molecular weight is 535 g/mol. The van der Waals surface area contributed by atoms with Crippen molar-refractivity contribution in [3.63, 3.8) is 0 Å². The summed E-state index contributed by atoms with van der Waals surface area (Å²) >= 11 is 6.74. The SMILES string of the molecule is CC(C)OCCN(C)Cc1cc(O)c2c(c1Cl)CC1C[C@H]3CC(=O)C(C(N)=O)=C(O)[C@@]3(O)C(=O)C1=C2O. The minimum absolute atomic E-state index is 0.0216. The molecule has 0 spiro atoms. The predicted molar refractivity (Wildman–Crippen MR) is 134 cm³/mol. The molecule has 3 atom stereocenters. The van der Waals surface area contributed by atoms with Gasteiger partial charge in [-0.15, -0.1) is 0 Å². The molecular weight excluding hydrogens is 504 g/mol. The molecule has 0 aliphatic heterocycles. The lowest BCUT2D eigenvalue weighted by molar-refractivity contribution is -0.147. The second-order valence-electron chi connectivity index (χ2n) is 10.3. The molecule has 1 unspecified atom stereocenters. The van der Waals surface area contributed by atoms with Crippen molar-refractivity contribution in [2.45, 2.75) is 51.4 Å². The zero-order valence-corrected chi connectivity index (χ0v) is 21.6. The molecule has 3 aliphatic carbocycles. The molecule has 1 aromatic carbocycles. The number of halogens is 1. The topological polar surface area (TPSA) is 171 Å². The Morgan fingerprint density at radius 1 is 1.27 bits per heavy atom. The minimum atomic E-state index is -2.59. The van der Waals surface area contributed by atoms with E-state index >= 15 is 0 Å². The Morgan fingerprint density at radius 3 is 2.57 bits per heavy atom. The van der Waals surface area contributed by atoms with Crippen molar-refractivity contribution in [2.75, 3.05) is 20.2 Å². The van der Waals surface area contributed by atoms with Crippen LogP contribution in [0.1, 0.15) is 43.4 Å². The molecule has 0 aromatic heterocycles. The third-order valence-electron chi connectivity index (χ3n) is 7.44. The molecule has 0 radical (unpaired) electrons. The Bertz CT molecular complexity index is 1250. The van der Waals surface area contributed by atoms with Gasteiger partial charge in [0.25, 0.3) is 5.91 Å². The first-order valence-corrected chi connectivity index (χ1v) is 12.5. The normalized spacial score (nSPS) is 25.5. The van der Waals surface area contributed by atoms with Gasteiger partial charge in [0.2, 0.25) is 5.78 Å². The van der Waals surface area contributed by atoms with Gasteiger partial charge in [-0.05, 0) is 56.8 Å². The van der Waals surface area contributed by atoms with Gasteiger partial charge in [-0.2, -0.15) is 0 Å². The number of carbonyl (C=O) groups is 3. The second kappa shape index (κ2) is 9.75. The molecule has 11 heteroatoms. The molecule has 1 saturated carbocycles. The highest BCUT2D eigenvalue weighted by Crippen LogP contribution is 2.53. The van der Waals surface area contributed by atoms with E-state index in [0.29, 0.717) is 35.8 Å². The Balaban J connectivity index is 1.73. The number of ketones is 2. The molecular formula is C26H31ClN2O8. The zero-order valence-electron chi connectivity index (χ0n) is 20.9. The summed E-state index contributed by atoms with van der Waals surface area (Å²) in [6.45, 7) is 5.43. The first-order chi connectivity index (χ1) is 17.3. The molecule has 0 saturated heterocycles. The highest BCUT2D eigenvalue weighted by atomic mass is 35.5. The molecule has 10 nitrogen and oxygen atoms in total. The van der Waals surface area contributed by atoms with Crippen LogP contribution in [-0.2, 0) is 32.1 Å². The number of likely N-dealkylation sites (N-methyl/N-ethyl adjacent to an activating group) is 1. The van der Waals surface area contributed by atoms with Crippen LogP contribution in [0.3, 0.4) is 0 Å². The van der Waals surface area contributed by atoms with Crippen LogP contribution in [0.4, 0.5) is 0 Å². The van der Waals surface area contributed by atoms with Crippen molar-refractivity contribution < 1.29 is 39.5 Å². The lowest BCUT2D eigenvalue weighted by Gasteiger charge is -2.46. The van der Waals surface area contributed by atoms with Crippen LogP contribution in [0.2, 0.25) is 5.02 Å². The number of aromatic hydroxyl groups is 1. The fraction of sp³-hybridized carbons (Fsp3) is 0.500. The number of hydrogen-bond acceptors (Lipinski definition) is 9. The number of fused-ring (bicyclic) bond motifs is 3. The molecule has 4 rings (SSSR count). The summed E-state index contributed by atoms with van der Waals surface area (Å²) < 4.78 is 5.58. The second-order valence-corrected chi connectivity index (χ2v) is 10.7. The van der Waals surface area contributed by atoms with Gasteiger partial charge in [0, 0.05) is 36.0 Å². The third-order valence-corrected chi connectivity index (χ3v) is 7.91.